The third-order valence-electron chi connectivity index (χ3n) is 2.22. The van der Waals surface area contributed by atoms with E-state index in [0.29, 0.717) is 0 Å². The van der Waals surface area contributed by atoms with E-state index in [0.717, 1.165) is 12.3 Å². The number of nitrogens with zero attached hydrogens (tertiary/aromatic N) is 1. The van der Waals surface area contributed by atoms with Crippen LogP contribution in [0.15, 0.2) is 35.4 Å². The number of rotatable bonds is 5. The van der Waals surface area contributed by atoms with Gasteiger partial charge in [-0.25, -0.2) is 18.2 Å². The van der Waals surface area contributed by atoms with Crippen molar-refractivity contribution < 1.29 is 22.7 Å². The van der Waals surface area contributed by atoms with Gasteiger partial charge in [-0.1, -0.05) is 6.08 Å². The summed E-state index contributed by atoms with van der Waals surface area (Å²) in [5.41, 5.74) is -0.179. The van der Waals surface area contributed by atoms with E-state index < -0.39 is 21.7 Å². The number of amides is 1. The molecule has 1 aromatic rings. The lowest BCUT2D eigenvalue weighted by molar-refractivity contribution is -0.134. The van der Waals surface area contributed by atoms with Crippen molar-refractivity contribution in [2.75, 3.05) is 19.9 Å². The zero-order valence-corrected chi connectivity index (χ0v) is 11.8. The second-order valence-corrected chi connectivity index (χ2v) is 5.74. The van der Waals surface area contributed by atoms with Crippen LogP contribution in [0.5, 0.6) is 0 Å². The first-order valence-electron chi connectivity index (χ1n) is 5.54. The van der Waals surface area contributed by atoms with Crippen molar-refractivity contribution >= 4 is 21.7 Å². The van der Waals surface area contributed by atoms with Crippen LogP contribution in [-0.2, 0) is 19.4 Å². The van der Waals surface area contributed by atoms with E-state index in [2.05, 4.69) is 15.0 Å². The molecule has 1 heterocycles. The number of aromatic nitrogens is 1. The van der Waals surface area contributed by atoms with E-state index in [-0.39, 0.29) is 17.1 Å². The molecule has 108 valence electrons. The van der Waals surface area contributed by atoms with Gasteiger partial charge in [-0.2, -0.15) is 0 Å². The fourth-order valence-corrected chi connectivity index (χ4v) is 2.14. The predicted molar refractivity (Wildman–Crippen MR) is 70.8 cm³/mol. The molecule has 0 aliphatic heterocycles. The van der Waals surface area contributed by atoms with E-state index in [4.69, 9.17) is 0 Å². The first-order valence-corrected chi connectivity index (χ1v) is 7.43. The maximum Gasteiger partial charge on any atom is 0.330 e. The number of sulfone groups is 1. The maximum atomic E-state index is 11.8. The second-order valence-electron chi connectivity index (χ2n) is 3.76. The van der Waals surface area contributed by atoms with Crippen LogP contribution in [0.4, 0.5) is 0 Å². The Bertz CT molecular complexity index is 637. The van der Waals surface area contributed by atoms with Gasteiger partial charge < -0.3 is 10.1 Å². The first-order chi connectivity index (χ1) is 9.36. The van der Waals surface area contributed by atoms with Crippen molar-refractivity contribution in [1.29, 1.82) is 0 Å². The minimum Gasteiger partial charge on any atom is -0.466 e. The van der Waals surface area contributed by atoms with Gasteiger partial charge >= 0.3 is 5.97 Å². The van der Waals surface area contributed by atoms with Gasteiger partial charge in [-0.3, -0.25) is 4.79 Å². The number of carbonyl (C=O) groups is 2. The summed E-state index contributed by atoms with van der Waals surface area (Å²) in [7, 11) is -2.31. The zero-order chi connectivity index (χ0) is 15.2. The molecule has 0 saturated heterocycles. The molecule has 0 fully saturated rings. The molecule has 1 N–H and O–H groups in total. The molecule has 20 heavy (non-hydrogen) atoms. The van der Waals surface area contributed by atoms with Gasteiger partial charge in [0, 0.05) is 25.1 Å². The highest BCUT2D eigenvalue weighted by Gasteiger charge is 2.19. The van der Waals surface area contributed by atoms with Crippen LogP contribution in [-0.4, -0.2) is 45.2 Å². The predicted octanol–water partition coefficient (Wildman–Crippen LogP) is -0.0559. The Morgan fingerprint density at radius 2 is 2.15 bits per heavy atom. The standard InChI is InChI=1S/C12H14N2O5S/c1-19-10(15)6-4-8-14-12(16)11-9(20(2,17)18)5-3-7-13-11/h3-7H,8H2,1-2H3,(H,14,16)/b6-4+. The van der Waals surface area contributed by atoms with Crippen molar-refractivity contribution in [2.24, 2.45) is 0 Å². The Kier molecular flexibility index (Phi) is 5.39. The molecule has 0 aliphatic rings. The van der Waals surface area contributed by atoms with E-state index >= 15 is 0 Å². The largest absolute Gasteiger partial charge is 0.466 e. The molecule has 1 aromatic heterocycles. The lowest BCUT2D eigenvalue weighted by Crippen LogP contribution is -2.26. The van der Waals surface area contributed by atoms with Crippen LogP contribution < -0.4 is 5.32 Å². The minimum atomic E-state index is -3.54. The average molecular weight is 298 g/mol. The van der Waals surface area contributed by atoms with E-state index in [9.17, 15) is 18.0 Å². The Morgan fingerprint density at radius 3 is 2.75 bits per heavy atom. The quantitative estimate of drug-likeness (QED) is 0.603. The van der Waals surface area contributed by atoms with Gasteiger partial charge in [0.2, 0.25) is 0 Å². The number of carbonyl (C=O) groups excluding carboxylic acids is 2. The summed E-state index contributed by atoms with van der Waals surface area (Å²) in [5, 5.41) is 2.43. The fraction of sp³-hybridized carbons (Fsp3) is 0.250. The highest BCUT2D eigenvalue weighted by atomic mass is 32.2. The Morgan fingerprint density at radius 1 is 1.45 bits per heavy atom. The van der Waals surface area contributed by atoms with Crippen molar-refractivity contribution in [3.8, 4) is 0 Å². The SMILES string of the molecule is COC(=O)/C=C/CNC(=O)c1ncccc1S(C)(=O)=O. The van der Waals surface area contributed by atoms with Gasteiger partial charge in [0.1, 0.15) is 5.69 Å². The highest BCUT2D eigenvalue weighted by Crippen LogP contribution is 2.12. The third kappa shape index (κ3) is 4.47. The molecule has 0 unspecified atom stereocenters. The van der Waals surface area contributed by atoms with E-state index in [1.165, 1.54) is 31.5 Å². The number of pyridine rings is 1. The number of ether oxygens (including phenoxy) is 1. The summed E-state index contributed by atoms with van der Waals surface area (Å²) in [6, 6.07) is 2.74. The van der Waals surface area contributed by atoms with Crippen molar-refractivity contribution in [3.63, 3.8) is 0 Å². The Balaban J connectivity index is 2.79. The molecular formula is C12H14N2O5S. The number of nitrogens with one attached hydrogen (secondary N) is 1. The molecule has 0 aromatic carbocycles. The minimum absolute atomic E-state index is 0.0493. The van der Waals surface area contributed by atoms with Crippen LogP contribution in [0, 0.1) is 0 Å². The summed E-state index contributed by atoms with van der Waals surface area (Å²) in [4.78, 5) is 26.3. The van der Waals surface area contributed by atoms with Crippen LogP contribution in [0.2, 0.25) is 0 Å². The van der Waals surface area contributed by atoms with Crippen molar-refractivity contribution in [2.45, 2.75) is 4.90 Å². The molecule has 8 heteroatoms. The molecular weight excluding hydrogens is 284 g/mol. The van der Waals surface area contributed by atoms with Crippen LogP contribution in [0.1, 0.15) is 10.5 Å². The molecule has 1 amide bonds. The first kappa shape index (κ1) is 15.8. The van der Waals surface area contributed by atoms with E-state index in [1.807, 2.05) is 0 Å². The van der Waals surface area contributed by atoms with Crippen LogP contribution in [0.25, 0.3) is 0 Å². The van der Waals surface area contributed by atoms with E-state index in [1.54, 1.807) is 0 Å². The lowest BCUT2D eigenvalue weighted by atomic mass is 10.3. The highest BCUT2D eigenvalue weighted by molar-refractivity contribution is 7.90. The molecule has 0 saturated carbocycles. The van der Waals surface area contributed by atoms with Gasteiger partial charge in [0.25, 0.3) is 5.91 Å². The molecule has 0 spiro atoms. The summed E-state index contributed by atoms with van der Waals surface area (Å²) < 4.78 is 27.4. The second kappa shape index (κ2) is 6.80. The monoisotopic (exact) mass is 298 g/mol. The number of esters is 1. The van der Waals surface area contributed by atoms with Gasteiger partial charge in [0.05, 0.1) is 12.0 Å². The molecule has 7 nitrogen and oxygen atoms in total. The molecule has 0 radical (unpaired) electrons. The van der Waals surface area contributed by atoms with Gasteiger partial charge in [-0.15, -0.1) is 0 Å². The van der Waals surface area contributed by atoms with Crippen molar-refractivity contribution in [1.82, 2.24) is 10.3 Å². The fourth-order valence-electron chi connectivity index (χ4n) is 1.32. The summed E-state index contributed by atoms with van der Waals surface area (Å²) in [5.74, 6) is -1.19. The normalized spacial score (nSPS) is 11.3. The van der Waals surface area contributed by atoms with Gasteiger partial charge in [0.15, 0.2) is 9.84 Å². The molecule has 0 bridgehead atoms. The number of hydrogen-bond donors (Lipinski definition) is 1. The Labute approximate surface area is 116 Å². The van der Waals surface area contributed by atoms with Crippen LogP contribution >= 0.6 is 0 Å². The third-order valence-corrected chi connectivity index (χ3v) is 3.35. The zero-order valence-electron chi connectivity index (χ0n) is 11.0. The summed E-state index contributed by atoms with van der Waals surface area (Å²) in [6.45, 7) is 0.0493. The maximum absolute atomic E-state index is 11.8. The molecule has 0 atom stereocenters. The average Bonchev–Trinajstić information content (AvgIpc) is 2.42. The molecule has 1 rings (SSSR count). The topological polar surface area (TPSA) is 102 Å². The number of hydrogen-bond acceptors (Lipinski definition) is 6. The van der Waals surface area contributed by atoms with Crippen LogP contribution in [0.3, 0.4) is 0 Å². The lowest BCUT2D eigenvalue weighted by Gasteiger charge is -2.06. The molecule has 0 aliphatic carbocycles. The summed E-state index contributed by atoms with van der Waals surface area (Å²) >= 11 is 0. The Hall–Kier alpha value is -2.22. The smallest absolute Gasteiger partial charge is 0.330 e. The van der Waals surface area contributed by atoms with Gasteiger partial charge in [-0.05, 0) is 12.1 Å². The van der Waals surface area contributed by atoms with Crippen molar-refractivity contribution in [3.05, 3.63) is 36.2 Å². The number of methoxy groups -OCH3 is 1. The summed E-state index contributed by atoms with van der Waals surface area (Å²) in [6.07, 6.45) is 4.86.